The highest BCUT2D eigenvalue weighted by Crippen LogP contribution is 2.30. The lowest BCUT2D eigenvalue weighted by molar-refractivity contribution is 0.287. The maximum Gasteiger partial charge on any atom is 0.247 e. The highest BCUT2D eigenvalue weighted by Gasteiger charge is 2.30. The van der Waals surface area contributed by atoms with Crippen molar-refractivity contribution in [1.82, 2.24) is 14.5 Å². The number of ether oxygens (including phenoxy) is 1. The zero-order valence-electron chi connectivity index (χ0n) is 13.1. The minimum atomic E-state index is -3.19. The number of aromatic nitrogens is 2. The summed E-state index contributed by atoms with van der Waals surface area (Å²) in [5, 5.41) is 8.19. The molecule has 1 aliphatic rings. The first-order valence-electron chi connectivity index (χ1n) is 7.40. The van der Waals surface area contributed by atoms with Crippen LogP contribution in [0.2, 0.25) is 0 Å². The lowest BCUT2D eigenvalue weighted by Gasteiger charge is -2.28. The van der Waals surface area contributed by atoms with Gasteiger partial charge in [-0.1, -0.05) is 6.07 Å². The van der Waals surface area contributed by atoms with E-state index in [1.165, 1.54) is 10.6 Å². The summed E-state index contributed by atoms with van der Waals surface area (Å²) in [6.45, 7) is 0.935. The summed E-state index contributed by atoms with van der Waals surface area (Å²) in [4.78, 5) is 0. The summed E-state index contributed by atoms with van der Waals surface area (Å²) >= 11 is 0. The monoisotopic (exact) mass is 337 g/mol. The first-order chi connectivity index (χ1) is 11.0. The molecular formula is C15H19N3O4S. The fourth-order valence-corrected chi connectivity index (χ4v) is 3.63. The SMILES string of the molecule is COc1cccc(-c2nnc([C@@H]3CCCN(S(C)(=O)=O)C3)o2)c1. The van der Waals surface area contributed by atoms with Crippen LogP contribution in [-0.4, -0.2) is 49.4 Å². The average molecular weight is 337 g/mol. The Balaban J connectivity index is 1.81. The summed E-state index contributed by atoms with van der Waals surface area (Å²) in [5.41, 5.74) is 0.777. The van der Waals surface area contributed by atoms with Crippen molar-refractivity contribution in [1.29, 1.82) is 0 Å². The van der Waals surface area contributed by atoms with Crippen molar-refractivity contribution in [3.05, 3.63) is 30.2 Å². The number of rotatable bonds is 4. The molecular weight excluding hydrogens is 318 g/mol. The molecule has 0 bridgehead atoms. The minimum Gasteiger partial charge on any atom is -0.497 e. The van der Waals surface area contributed by atoms with Gasteiger partial charge in [-0.05, 0) is 31.0 Å². The molecule has 1 atom stereocenters. The number of piperidine rings is 1. The molecule has 1 aromatic carbocycles. The van der Waals surface area contributed by atoms with E-state index in [4.69, 9.17) is 9.15 Å². The Kier molecular flexibility index (Phi) is 4.36. The van der Waals surface area contributed by atoms with Crippen molar-refractivity contribution < 1.29 is 17.6 Å². The maximum absolute atomic E-state index is 11.7. The Morgan fingerprint density at radius 2 is 2.17 bits per heavy atom. The molecule has 124 valence electrons. The van der Waals surface area contributed by atoms with E-state index < -0.39 is 10.0 Å². The fraction of sp³-hybridized carbons (Fsp3) is 0.467. The van der Waals surface area contributed by atoms with Crippen LogP contribution in [0.15, 0.2) is 28.7 Å². The van der Waals surface area contributed by atoms with Gasteiger partial charge in [-0.2, -0.15) is 0 Å². The van der Waals surface area contributed by atoms with Crippen LogP contribution in [0.1, 0.15) is 24.7 Å². The second-order valence-corrected chi connectivity index (χ2v) is 7.62. The van der Waals surface area contributed by atoms with E-state index in [0.29, 0.717) is 30.6 Å². The molecule has 0 unspecified atom stereocenters. The number of methoxy groups -OCH3 is 1. The van der Waals surface area contributed by atoms with E-state index in [1.54, 1.807) is 7.11 Å². The molecule has 1 aliphatic heterocycles. The molecule has 1 fully saturated rings. The molecule has 0 aliphatic carbocycles. The first-order valence-corrected chi connectivity index (χ1v) is 9.25. The molecule has 1 saturated heterocycles. The fourth-order valence-electron chi connectivity index (χ4n) is 2.72. The van der Waals surface area contributed by atoms with Crippen LogP contribution in [0.3, 0.4) is 0 Å². The number of hydrogen-bond acceptors (Lipinski definition) is 6. The molecule has 7 nitrogen and oxygen atoms in total. The van der Waals surface area contributed by atoms with Gasteiger partial charge in [0.1, 0.15) is 5.75 Å². The van der Waals surface area contributed by atoms with E-state index >= 15 is 0 Å². The van der Waals surface area contributed by atoms with Crippen LogP contribution in [0.4, 0.5) is 0 Å². The van der Waals surface area contributed by atoms with Gasteiger partial charge in [-0.15, -0.1) is 10.2 Å². The zero-order valence-corrected chi connectivity index (χ0v) is 13.9. The highest BCUT2D eigenvalue weighted by atomic mass is 32.2. The predicted molar refractivity (Wildman–Crippen MR) is 84.7 cm³/mol. The van der Waals surface area contributed by atoms with Crippen molar-refractivity contribution in [2.45, 2.75) is 18.8 Å². The van der Waals surface area contributed by atoms with Crippen molar-refractivity contribution >= 4 is 10.0 Å². The van der Waals surface area contributed by atoms with Crippen molar-refractivity contribution in [3.8, 4) is 17.2 Å². The van der Waals surface area contributed by atoms with Gasteiger partial charge < -0.3 is 9.15 Å². The Hall–Kier alpha value is -1.93. The van der Waals surface area contributed by atoms with Crippen molar-refractivity contribution in [3.63, 3.8) is 0 Å². The zero-order chi connectivity index (χ0) is 16.4. The van der Waals surface area contributed by atoms with Crippen LogP contribution >= 0.6 is 0 Å². The van der Waals surface area contributed by atoms with E-state index in [2.05, 4.69) is 10.2 Å². The average Bonchev–Trinajstić information content (AvgIpc) is 3.04. The number of nitrogens with zero attached hydrogens (tertiary/aromatic N) is 3. The molecule has 3 rings (SSSR count). The molecule has 0 spiro atoms. The van der Waals surface area contributed by atoms with Gasteiger partial charge in [0, 0.05) is 18.7 Å². The summed E-state index contributed by atoms with van der Waals surface area (Å²) in [6.07, 6.45) is 2.85. The summed E-state index contributed by atoms with van der Waals surface area (Å²) < 4.78 is 35.8. The molecule has 0 radical (unpaired) electrons. The normalized spacial score (nSPS) is 19.7. The lowest BCUT2D eigenvalue weighted by atomic mass is 10.00. The molecule has 0 saturated carbocycles. The van der Waals surface area contributed by atoms with Gasteiger partial charge >= 0.3 is 0 Å². The second kappa shape index (κ2) is 6.29. The van der Waals surface area contributed by atoms with E-state index in [9.17, 15) is 8.42 Å². The highest BCUT2D eigenvalue weighted by molar-refractivity contribution is 7.88. The molecule has 23 heavy (non-hydrogen) atoms. The third-order valence-electron chi connectivity index (χ3n) is 3.96. The van der Waals surface area contributed by atoms with E-state index in [0.717, 1.165) is 18.4 Å². The third kappa shape index (κ3) is 3.53. The van der Waals surface area contributed by atoms with Gasteiger partial charge in [0.15, 0.2) is 0 Å². The summed E-state index contributed by atoms with van der Waals surface area (Å²) in [7, 11) is -1.60. The number of benzene rings is 1. The van der Waals surface area contributed by atoms with Crippen LogP contribution in [-0.2, 0) is 10.0 Å². The summed E-state index contributed by atoms with van der Waals surface area (Å²) in [6, 6.07) is 7.38. The van der Waals surface area contributed by atoms with Crippen molar-refractivity contribution in [2.24, 2.45) is 0 Å². The Labute approximate surface area is 135 Å². The standard InChI is InChI=1S/C15H19N3O4S/c1-21-13-7-3-5-11(9-13)14-16-17-15(22-14)12-6-4-8-18(10-12)23(2,19)20/h3,5,7,9,12H,4,6,8,10H2,1-2H3/t12-/m1/s1. The smallest absolute Gasteiger partial charge is 0.247 e. The number of hydrogen-bond donors (Lipinski definition) is 0. The number of sulfonamides is 1. The Bertz CT molecular complexity index is 788. The molecule has 2 aromatic rings. The topological polar surface area (TPSA) is 85.5 Å². The third-order valence-corrected chi connectivity index (χ3v) is 5.23. The van der Waals surface area contributed by atoms with Crippen LogP contribution in [0, 0.1) is 0 Å². The van der Waals surface area contributed by atoms with Gasteiger partial charge in [0.2, 0.25) is 21.8 Å². The van der Waals surface area contributed by atoms with Gasteiger partial charge in [-0.25, -0.2) is 12.7 Å². The predicted octanol–water partition coefficient (Wildman–Crippen LogP) is 1.88. The quantitative estimate of drug-likeness (QED) is 0.847. The Morgan fingerprint density at radius 1 is 1.35 bits per heavy atom. The largest absolute Gasteiger partial charge is 0.497 e. The lowest BCUT2D eigenvalue weighted by Crippen LogP contribution is -2.38. The molecule has 2 heterocycles. The Morgan fingerprint density at radius 3 is 2.91 bits per heavy atom. The van der Waals surface area contributed by atoms with Crippen molar-refractivity contribution in [2.75, 3.05) is 26.5 Å². The molecule has 0 amide bonds. The van der Waals surface area contributed by atoms with Crippen LogP contribution < -0.4 is 4.74 Å². The van der Waals surface area contributed by atoms with Crippen LogP contribution in [0.25, 0.3) is 11.5 Å². The molecule has 8 heteroatoms. The maximum atomic E-state index is 11.7. The second-order valence-electron chi connectivity index (χ2n) is 5.64. The van der Waals surface area contributed by atoms with Gasteiger partial charge in [0.05, 0.1) is 19.3 Å². The molecule has 0 N–H and O–H groups in total. The summed E-state index contributed by atoms with van der Waals surface area (Å²) in [5.74, 6) is 1.54. The van der Waals surface area contributed by atoms with Gasteiger partial charge in [-0.3, -0.25) is 0 Å². The first kappa shape index (κ1) is 15.9. The minimum absolute atomic E-state index is 0.0645. The van der Waals surface area contributed by atoms with Gasteiger partial charge in [0.25, 0.3) is 0 Å². The van der Waals surface area contributed by atoms with E-state index in [1.807, 2.05) is 24.3 Å². The van der Waals surface area contributed by atoms with E-state index in [-0.39, 0.29) is 5.92 Å². The van der Waals surface area contributed by atoms with Crippen LogP contribution in [0.5, 0.6) is 5.75 Å². The molecule has 1 aromatic heterocycles.